The maximum atomic E-state index is 13.2. The Morgan fingerprint density at radius 2 is 1.57 bits per heavy atom. The van der Waals surface area contributed by atoms with Gasteiger partial charge in [0, 0.05) is 57.8 Å². The summed E-state index contributed by atoms with van der Waals surface area (Å²) in [6.45, 7) is 6.87. The van der Waals surface area contributed by atoms with Crippen LogP contribution in [0.3, 0.4) is 0 Å². The number of amides is 3. The molecule has 0 bridgehead atoms. The minimum Gasteiger partial charge on any atom is -0.345 e. The third kappa shape index (κ3) is 6.52. The molecule has 47 heavy (non-hydrogen) atoms. The lowest BCUT2D eigenvalue weighted by atomic mass is 9.67. The van der Waals surface area contributed by atoms with Crippen molar-refractivity contribution in [2.24, 2.45) is 0 Å². The van der Waals surface area contributed by atoms with E-state index in [2.05, 4.69) is 37.3 Å². The maximum absolute atomic E-state index is 13.2. The molecule has 1 fully saturated rings. The molecule has 2 heterocycles. The van der Waals surface area contributed by atoms with Gasteiger partial charge >= 0.3 is 0 Å². The molecule has 2 atom stereocenters. The van der Waals surface area contributed by atoms with Crippen molar-refractivity contribution in [3.63, 3.8) is 0 Å². The number of benzene rings is 2. The number of carbonyl (C=O) groups is 3. The summed E-state index contributed by atoms with van der Waals surface area (Å²) in [5.74, 6) is 1.23. The zero-order valence-electron chi connectivity index (χ0n) is 28.6. The summed E-state index contributed by atoms with van der Waals surface area (Å²) in [6.07, 6.45) is 3.35. The molecule has 1 aliphatic carbocycles. The summed E-state index contributed by atoms with van der Waals surface area (Å²) in [5.41, 5.74) is 4.36. The number of rotatable bonds is 9. The van der Waals surface area contributed by atoms with Crippen LogP contribution in [0.15, 0.2) is 36.4 Å². The SMILES string of the molecule is CC(C)c1nc(C2(C[C@@H](C)NCC(=O)N3CCC[C@H]3C#N)c3ccc(C(=O)N(C)C)cc3CCc3cc(C(=O)N(C)C)ccc32)n[nH]1. The number of aromatic amines is 1. The van der Waals surface area contributed by atoms with E-state index in [1.807, 2.05) is 36.4 Å². The fourth-order valence-electron chi connectivity index (χ4n) is 7.00. The topological polar surface area (TPSA) is 138 Å². The normalized spacial score (nSPS) is 17.3. The van der Waals surface area contributed by atoms with Crippen molar-refractivity contribution in [3.05, 3.63) is 81.4 Å². The van der Waals surface area contributed by atoms with E-state index in [-0.39, 0.29) is 42.3 Å². The molecule has 0 saturated carbocycles. The number of carbonyl (C=O) groups excluding carboxylic acids is 3. The van der Waals surface area contributed by atoms with Gasteiger partial charge in [-0.3, -0.25) is 19.5 Å². The van der Waals surface area contributed by atoms with Crippen LogP contribution in [0.2, 0.25) is 0 Å². The van der Waals surface area contributed by atoms with E-state index in [9.17, 15) is 19.6 Å². The molecular formula is C36H46N8O3. The molecule has 0 spiro atoms. The number of aromatic nitrogens is 3. The summed E-state index contributed by atoms with van der Waals surface area (Å²) in [5, 5.41) is 21.0. The van der Waals surface area contributed by atoms with Gasteiger partial charge in [0.1, 0.15) is 11.9 Å². The lowest BCUT2D eigenvalue weighted by Gasteiger charge is -2.37. The van der Waals surface area contributed by atoms with E-state index < -0.39 is 5.41 Å². The van der Waals surface area contributed by atoms with Gasteiger partial charge in [-0.25, -0.2) is 4.98 Å². The van der Waals surface area contributed by atoms with Gasteiger partial charge in [0.05, 0.1) is 18.0 Å². The summed E-state index contributed by atoms with van der Waals surface area (Å²) in [4.78, 5) is 49.3. The minimum atomic E-state index is -0.873. The zero-order chi connectivity index (χ0) is 34.0. The highest BCUT2D eigenvalue weighted by Crippen LogP contribution is 2.47. The van der Waals surface area contributed by atoms with Gasteiger partial charge in [-0.1, -0.05) is 26.0 Å². The molecule has 0 radical (unpaired) electrons. The number of likely N-dealkylation sites (tertiary alicyclic amines) is 1. The number of hydrogen-bond donors (Lipinski definition) is 2. The monoisotopic (exact) mass is 638 g/mol. The molecule has 11 heteroatoms. The summed E-state index contributed by atoms with van der Waals surface area (Å²) in [7, 11) is 6.98. The molecule has 1 aromatic heterocycles. The van der Waals surface area contributed by atoms with E-state index in [1.54, 1.807) is 42.9 Å². The number of nitrogens with one attached hydrogen (secondary N) is 2. The average molecular weight is 639 g/mol. The Kier molecular flexibility index (Phi) is 9.82. The number of nitrogens with zero attached hydrogens (tertiary/aromatic N) is 6. The Hall–Kier alpha value is -4.56. The molecule has 3 aromatic rings. The van der Waals surface area contributed by atoms with Crippen molar-refractivity contribution in [1.82, 2.24) is 35.2 Å². The van der Waals surface area contributed by atoms with Gasteiger partial charge < -0.3 is 20.0 Å². The van der Waals surface area contributed by atoms with Crippen molar-refractivity contribution in [2.45, 2.75) is 76.3 Å². The Balaban J connectivity index is 1.66. The number of hydrogen-bond acceptors (Lipinski definition) is 7. The van der Waals surface area contributed by atoms with Crippen LogP contribution in [0.1, 0.15) is 101 Å². The van der Waals surface area contributed by atoms with Crippen molar-refractivity contribution in [1.29, 1.82) is 5.26 Å². The van der Waals surface area contributed by atoms with Crippen molar-refractivity contribution >= 4 is 17.7 Å². The summed E-state index contributed by atoms with van der Waals surface area (Å²) in [6, 6.07) is 13.5. The standard InChI is InChI=1S/C36H46N8O3/c1-22(2)32-39-35(41-40-32)36(19-23(3)38-21-31(45)44-16-8-9-28(44)20-37)29-14-12-26(33(46)42(4)5)17-24(29)10-11-25-18-27(13-15-30(25)36)34(47)43(6)7/h12-15,17-18,22-23,28,38H,8-11,16,19,21H2,1-7H3,(H,39,40,41)/t23-,28+/m1/s1. The lowest BCUT2D eigenvalue weighted by molar-refractivity contribution is -0.130. The van der Waals surface area contributed by atoms with Gasteiger partial charge in [-0.05, 0) is 85.5 Å². The molecule has 3 amide bonds. The van der Waals surface area contributed by atoms with Gasteiger partial charge in [0.2, 0.25) is 5.91 Å². The molecule has 2 N–H and O–H groups in total. The second-order valence-corrected chi connectivity index (χ2v) is 13.6. The molecule has 0 unspecified atom stereocenters. The first-order chi connectivity index (χ1) is 22.4. The first-order valence-corrected chi connectivity index (χ1v) is 16.4. The first kappa shape index (κ1) is 33.8. The smallest absolute Gasteiger partial charge is 0.253 e. The Labute approximate surface area is 277 Å². The first-order valence-electron chi connectivity index (χ1n) is 16.4. The van der Waals surface area contributed by atoms with Crippen LogP contribution in [0.25, 0.3) is 0 Å². The van der Waals surface area contributed by atoms with Crippen LogP contribution in [-0.2, 0) is 23.1 Å². The van der Waals surface area contributed by atoms with E-state index >= 15 is 0 Å². The van der Waals surface area contributed by atoms with E-state index in [0.29, 0.717) is 49.2 Å². The van der Waals surface area contributed by atoms with E-state index in [1.165, 1.54) is 0 Å². The molecule has 11 nitrogen and oxygen atoms in total. The third-order valence-electron chi connectivity index (χ3n) is 9.47. The predicted octanol–water partition coefficient (Wildman–Crippen LogP) is 3.65. The largest absolute Gasteiger partial charge is 0.345 e. The van der Waals surface area contributed by atoms with Crippen LogP contribution in [0, 0.1) is 11.3 Å². The van der Waals surface area contributed by atoms with Gasteiger partial charge in [-0.15, -0.1) is 0 Å². The second kappa shape index (κ2) is 13.7. The van der Waals surface area contributed by atoms with Crippen LogP contribution in [-0.4, -0.2) is 101 Å². The van der Waals surface area contributed by atoms with Gasteiger partial charge in [-0.2, -0.15) is 10.4 Å². The highest BCUT2D eigenvalue weighted by Gasteiger charge is 2.46. The summed E-state index contributed by atoms with van der Waals surface area (Å²) < 4.78 is 0. The lowest BCUT2D eigenvalue weighted by Crippen LogP contribution is -2.45. The minimum absolute atomic E-state index is 0.0786. The van der Waals surface area contributed by atoms with Gasteiger partial charge in [0.15, 0.2) is 5.82 Å². The molecule has 5 rings (SSSR count). The van der Waals surface area contributed by atoms with Crippen LogP contribution in [0.5, 0.6) is 0 Å². The Bertz CT molecular complexity index is 1630. The van der Waals surface area contributed by atoms with Crippen molar-refractivity contribution in [2.75, 3.05) is 41.3 Å². The number of fused-ring (bicyclic) bond motifs is 2. The fourth-order valence-corrected chi connectivity index (χ4v) is 7.00. The molecule has 2 aliphatic rings. The number of H-pyrrole nitrogens is 1. The fraction of sp³-hybridized carbons (Fsp3) is 0.500. The van der Waals surface area contributed by atoms with Crippen LogP contribution < -0.4 is 5.32 Å². The Morgan fingerprint density at radius 1 is 1.00 bits per heavy atom. The van der Waals surface area contributed by atoms with Crippen LogP contribution in [0.4, 0.5) is 0 Å². The molecule has 1 saturated heterocycles. The van der Waals surface area contributed by atoms with Crippen molar-refractivity contribution in [3.8, 4) is 6.07 Å². The molecular weight excluding hydrogens is 592 g/mol. The zero-order valence-corrected chi connectivity index (χ0v) is 28.6. The van der Waals surface area contributed by atoms with E-state index in [0.717, 1.165) is 34.5 Å². The third-order valence-corrected chi connectivity index (χ3v) is 9.47. The van der Waals surface area contributed by atoms with E-state index in [4.69, 9.17) is 10.1 Å². The number of aryl methyl sites for hydroxylation is 2. The Morgan fingerprint density at radius 3 is 2.06 bits per heavy atom. The van der Waals surface area contributed by atoms with Crippen molar-refractivity contribution < 1.29 is 14.4 Å². The molecule has 2 aromatic carbocycles. The maximum Gasteiger partial charge on any atom is 0.253 e. The number of nitriles is 1. The predicted molar refractivity (Wildman–Crippen MR) is 179 cm³/mol. The highest BCUT2D eigenvalue weighted by atomic mass is 16.2. The van der Waals surface area contributed by atoms with Gasteiger partial charge in [0.25, 0.3) is 11.8 Å². The average Bonchev–Trinajstić information content (AvgIpc) is 3.73. The highest BCUT2D eigenvalue weighted by molar-refractivity contribution is 5.95. The molecule has 1 aliphatic heterocycles. The quantitative estimate of drug-likeness (QED) is 0.365. The van der Waals surface area contributed by atoms with Crippen LogP contribution >= 0.6 is 0 Å². The summed E-state index contributed by atoms with van der Waals surface area (Å²) >= 11 is 0. The molecule has 248 valence electrons. The second-order valence-electron chi connectivity index (χ2n) is 13.6.